The Hall–Kier alpha value is -4.41. The molecule has 11 heteroatoms. The number of nitrogens with zero attached hydrogens (tertiary/aromatic N) is 7. The van der Waals surface area contributed by atoms with Gasteiger partial charge < -0.3 is 14.5 Å². The van der Waals surface area contributed by atoms with Crippen LogP contribution in [0.2, 0.25) is 0 Å². The van der Waals surface area contributed by atoms with Crippen molar-refractivity contribution in [3.8, 4) is 22.5 Å². The second-order valence-electron chi connectivity index (χ2n) is 10.9. The molecule has 5 rings (SSSR count). The zero-order chi connectivity index (χ0) is 29.0. The van der Waals surface area contributed by atoms with Crippen molar-refractivity contribution in [1.29, 1.82) is 0 Å². The number of alkyl halides is 2. The number of carbonyl (C=O) groups excluding carboxylic acids is 1. The fourth-order valence-corrected chi connectivity index (χ4v) is 4.67. The first-order chi connectivity index (χ1) is 19.6. The van der Waals surface area contributed by atoms with E-state index in [-0.39, 0.29) is 6.09 Å². The van der Waals surface area contributed by atoms with E-state index < -0.39 is 18.6 Å². The van der Waals surface area contributed by atoms with Crippen LogP contribution in [0.3, 0.4) is 0 Å². The molecule has 1 fully saturated rings. The molecule has 41 heavy (non-hydrogen) atoms. The Morgan fingerprint density at radius 1 is 1.02 bits per heavy atom. The molecule has 0 saturated carbocycles. The Bertz CT molecular complexity index is 1460. The van der Waals surface area contributed by atoms with Crippen molar-refractivity contribution in [1.82, 2.24) is 29.6 Å². The van der Waals surface area contributed by atoms with E-state index in [9.17, 15) is 13.6 Å². The predicted molar refractivity (Wildman–Crippen MR) is 152 cm³/mol. The van der Waals surface area contributed by atoms with E-state index in [1.807, 2.05) is 39.0 Å². The molecule has 0 bridgehead atoms. The van der Waals surface area contributed by atoms with Gasteiger partial charge in [-0.3, -0.25) is 9.67 Å². The number of benzene rings is 1. The average Bonchev–Trinajstić information content (AvgIpc) is 3.36. The second-order valence-corrected chi connectivity index (χ2v) is 10.9. The molecule has 9 nitrogen and oxygen atoms in total. The topological polar surface area (TPSA) is 89.3 Å². The van der Waals surface area contributed by atoms with Gasteiger partial charge in [0.25, 0.3) is 6.43 Å². The van der Waals surface area contributed by atoms with Crippen LogP contribution < -0.4 is 4.90 Å². The number of hydrogen-bond donors (Lipinski definition) is 0. The Morgan fingerprint density at radius 2 is 1.78 bits per heavy atom. The van der Waals surface area contributed by atoms with Crippen molar-refractivity contribution < 1.29 is 18.3 Å². The molecule has 0 unspecified atom stereocenters. The molecule has 0 N–H and O–H groups in total. The molecule has 4 aromatic rings. The maximum atomic E-state index is 13.1. The van der Waals surface area contributed by atoms with Gasteiger partial charge in [-0.05, 0) is 56.7 Å². The number of pyridine rings is 1. The van der Waals surface area contributed by atoms with Gasteiger partial charge in [0.2, 0.25) is 0 Å². The first-order valence-electron chi connectivity index (χ1n) is 13.5. The molecule has 1 aliphatic heterocycles. The highest BCUT2D eigenvalue weighted by Crippen LogP contribution is 2.30. The van der Waals surface area contributed by atoms with Crippen LogP contribution in [-0.4, -0.2) is 73.9 Å². The summed E-state index contributed by atoms with van der Waals surface area (Å²) in [6, 6.07) is 13.6. The number of anilines is 1. The van der Waals surface area contributed by atoms with Crippen LogP contribution in [0, 0.1) is 0 Å². The van der Waals surface area contributed by atoms with E-state index >= 15 is 0 Å². The monoisotopic (exact) mass is 561 g/mol. The van der Waals surface area contributed by atoms with Crippen LogP contribution in [0.15, 0.2) is 67.3 Å². The average molecular weight is 562 g/mol. The van der Waals surface area contributed by atoms with Gasteiger partial charge in [0.05, 0.1) is 5.69 Å². The van der Waals surface area contributed by atoms with Gasteiger partial charge in [0.1, 0.15) is 23.7 Å². The summed E-state index contributed by atoms with van der Waals surface area (Å²) in [5.41, 5.74) is 4.12. The van der Waals surface area contributed by atoms with E-state index in [0.29, 0.717) is 42.3 Å². The van der Waals surface area contributed by atoms with E-state index in [2.05, 4.69) is 32.1 Å². The highest BCUT2D eigenvalue weighted by atomic mass is 19.3. The lowest BCUT2D eigenvalue weighted by molar-refractivity contribution is 0.0240. The minimum Gasteiger partial charge on any atom is -0.444 e. The number of aromatic nitrogens is 5. The summed E-state index contributed by atoms with van der Waals surface area (Å²) in [5.74, 6) is 0.611. The normalized spacial score (nSPS) is 14.0. The van der Waals surface area contributed by atoms with Crippen LogP contribution in [-0.2, 0) is 17.7 Å². The lowest BCUT2D eigenvalue weighted by atomic mass is 10.1. The molecule has 3 aromatic heterocycles. The smallest absolute Gasteiger partial charge is 0.410 e. The first-order valence-corrected chi connectivity index (χ1v) is 13.5. The summed E-state index contributed by atoms with van der Waals surface area (Å²) in [7, 11) is 0. The number of halogens is 2. The minimum absolute atomic E-state index is 0.274. The highest BCUT2D eigenvalue weighted by Gasteiger charge is 2.26. The summed E-state index contributed by atoms with van der Waals surface area (Å²) in [6.45, 7) is 7.76. The molecule has 214 valence electrons. The molecule has 0 atom stereocenters. The standard InChI is InChI=1S/C30H33F2N7O2/c1-30(2,3)41-29(40)38-15-13-37(14-16-38)23-8-6-21(7-9-23)17-27-34-12-10-25(35-27)24-19-39(20-26(31)32)36-28(24)22-5-4-11-33-18-22/h4-12,18-19,26H,13-17,20H2,1-3H3. The molecular formula is C30H33F2N7O2. The molecular weight excluding hydrogens is 528 g/mol. The fourth-order valence-electron chi connectivity index (χ4n) is 4.67. The van der Waals surface area contributed by atoms with Gasteiger partial charge >= 0.3 is 6.09 Å². The Morgan fingerprint density at radius 3 is 2.44 bits per heavy atom. The fraction of sp³-hybridized carbons (Fsp3) is 0.367. The summed E-state index contributed by atoms with van der Waals surface area (Å²) < 4.78 is 32.9. The quantitative estimate of drug-likeness (QED) is 0.302. The van der Waals surface area contributed by atoms with Crippen molar-refractivity contribution in [3.63, 3.8) is 0 Å². The summed E-state index contributed by atoms with van der Waals surface area (Å²) >= 11 is 0. The molecule has 1 aromatic carbocycles. The molecule has 0 spiro atoms. The number of carbonyl (C=O) groups is 1. The SMILES string of the molecule is CC(C)(C)OC(=O)N1CCN(c2ccc(Cc3nccc(-c4cn(CC(F)F)nc4-c4cccnc4)n3)cc2)CC1. The van der Waals surface area contributed by atoms with Gasteiger partial charge in [-0.1, -0.05) is 12.1 Å². The lowest BCUT2D eigenvalue weighted by Gasteiger charge is -2.36. The van der Waals surface area contributed by atoms with Crippen molar-refractivity contribution in [2.24, 2.45) is 0 Å². The first kappa shape index (κ1) is 28.1. The predicted octanol–water partition coefficient (Wildman–Crippen LogP) is 5.32. The highest BCUT2D eigenvalue weighted by molar-refractivity contribution is 5.78. The zero-order valence-electron chi connectivity index (χ0n) is 23.4. The van der Waals surface area contributed by atoms with Crippen molar-refractivity contribution in [2.45, 2.75) is 45.8 Å². The number of rotatable bonds is 7. The summed E-state index contributed by atoms with van der Waals surface area (Å²) in [5, 5.41) is 4.40. The van der Waals surface area contributed by atoms with Crippen molar-refractivity contribution in [3.05, 3.63) is 78.6 Å². The molecule has 0 aliphatic carbocycles. The van der Waals surface area contributed by atoms with Gasteiger partial charge in [0, 0.05) is 74.2 Å². The van der Waals surface area contributed by atoms with E-state index in [0.717, 1.165) is 29.9 Å². The van der Waals surface area contributed by atoms with E-state index in [4.69, 9.17) is 9.72 Å². The Labute approximate surface area is 237 Å². The number of ether oxygens (including phenoxy) is 1. The van der Waals surface area contributed by atoms with Crippen LogP contribution in [0.25, 0.3) is 22.5 Å². The van der Waals surface area contributed by atoms with Gasteiger partial charge in [-0.15, -0.1) is 0 Å². The van der Waals surface area contributed by atoms with Gasteiger partial charge in [-0.25, -0.2) is 23.5 Å². The number of hydrogen-bond acceptors (Lipinski definition) is 7. The van der Waals surface area contributed by atoms with Gasteiger partial charge in [-0.2, -0.15) is 5.10 Å². The zero-order valence-corrected chi connectivity index (χ0v) is 23.4. The van der Waals surface area contributed by atoms with Crippen LogP contribution in [0.4, 0.5) is 19.3 Å². The van der Waals surface area contributed by atoms with Crippen molar-refractivity contribution >= 4 is 11.8 Å². The third kappa shape index (κ3) is 7.22. The molecule has 1 amide bonds. The molecule has 1 aliphatic rings. The maximum absolute atomic E-state index is 13.1. The summed E-state index contributed by atoms with van der Waals surface area (Å²) in [6.07, 6.45) is 4.28. The van der Waals surface area contributed by atoms with Crippen LogP contribution in [0.1, 0.15) is 32.2 Å². The third-order valence-corrected chi connectivity index (χ3v) is 6.60. The molecule has 4 heterocycles. The Balaban J connectivity index is 1.27. The van der Waals surface area contributed by atoms with Crippen LogP contribution >= 0.6 is 0 Å². The third-order valence-electron chi connectivity index (χ3n) is 6.60. The molecule has 1 saturated heterocycles. The maximum Gasteiger partial charge on any atom is 0.410 e. The molecule has 0 radical (unpaired) electrons. The van der Waals surface area contributed by atoms with E-state index in [1.165, 1.54) is 4.68 Å². The van der Waals surface area contributed by atoms with Crippen molar-refractivity contribution in [2.75, 3.05) is 31.1 Å². The lowest BCUT2D eigenvalue weighted by Crippen LogP contribution is -2.50. The number of amides is 1. The Kier molecular flexibility index (Phi) is 8.23. The minimum atomic E-state index is -2.53. The van der Waals surface area contributed by atoms with Crippen LogP contribution in [0.5, 0.6) is 0 Å². The van der Waals surface area contributed by atoms with Gasteiger partial charge in [0.15, 0.2) is 0 Å². The van der Waals surface area contributed by atoms with E-state index in [1.54, 1.807) is 41.8 Å². The number of piperazine rings is 1. The second kappa shape index (κ2) is 12.0. The summed E-state index contributed by atoms with van der Waals surface area (Å²) in [4.78, 5) is 29.7. The largest absolute Gasteiger partial charge is 0.444 e.